The standard InChI is InChI=1S/C27H30F3N7O3S/c1-18-15-20(7-9-31)16-19(2)25(18)40-24-8-10-32-26(34-24)33-21-5-6-23(22(17-21)27(28,29)30)36-11-13-37(14-12-36)41(38,39)35(3)4/h5-8,10,15,17H,11-14,16H2,1-4H3,(H,32,33,34)/b20-7+. The Hall–Kier alpha value is -3.93. The van der Waals surface area contributed by atoms with Crippen LogP contribution in [0.2, 0.25) is 0 Å². The average molecular weight is 590 g/mol. The summed E-state index contributed by atoms with van der Waals surface area (Å²) in [5.74, 6) is 0.856. The van der Waals surface area contributed by atoms with Crippen molar-refractivity contribution in [1.82, 2.24) is 18.6 Å². The van der Waals surface area contributed by atoms with E-state index in [0.717, 1.165) is 27.1 Å². The topological polar surface area (TPSA) is 115 Å². The molecule has 1 aromatic carbocycles. The number of nitriles is 1. The predicted molar refractivity (Wildman–Crippen MR) is 149 cm³/mol. The van der Waals surface area contributed by atoms with Gasteiger partial charge in [-0.2, -0.15) is 40.4 Å². The number of anilines is 3. The number of allylic oxidation sites excluding steroid dienone is 5. The largest absolute Gasteiger partial charge is 0.439 e. The highest BCUT2D eigenvalue weighted by molar-refractivity contribution is 7.86. The van der Waals surface area contributed by atoms with Crippen molar-refractivity contribution >= 4 is 27.5 Å². The quantitative estimate of drug-likeness (QED) is 0.466. The van der Waals surface area contributed by atoms with Gasteiger partial charge in [-0.25, -0.2) is 4.98 Å². The van der Waals surface area contributed by atoms with Crippen molar-refractivity contribution in [2.24, 2.45) is 0 Å². The molecule has 0 saturated carbocycles. The SMILES string of the molecule is CC1=C/C(=C\C#N)CC(C)=C1Oc1ccnc(Nc2ccc(N3CCN(S(=O)(=O)N(C)C)CC3)c(C(F)(F)F)c2)n1. The number of nitrogens with zero attached hydrogens (tertiary/aromatic N) is 6. The number of piperazine rings is 1. The van der Waals surface area contributed by atoms with E-state index >= 15 is 0 Å². The Bertz CT molecular complexity index is 1550. The normalized spacial score (nSPS) is 18.0. The van der Waals surface area contributed by atoms with Crippen LogP contribution in [0.25, 0.3) is 0 Å². The molecule has 0 spiro atoms. The summed E-state index contributed by atoms with van der Waals surface area (Å²) >= 11 is 0. The van der Waals surface area contributed by atoms with Crippen LogP contribution < -0.4 is 15.0 Å². The molecule has 2 aliphatic rings. The summed E-state index contributed by atoms with van der Waals surface area (Å²) in [7, 11) is -0.817. The fourth-order valence-corrected chi connectivity index (χ4v) is 5.75. The van der Waals surface area contributed by atoms with E-state index in [-0.39, 0.29) is 49.4 Å². The van der Waals surface area contributed by atoms with E-state index in [1.165, 1.54) is 47.7 Å². The molecule has 1 aliphatic carbocycles. The van der Waals surface area contributed by atoms with Gasteiger partial charge in [-0.15, -0.1) is 0 Å². The molecule has 2 heterocycles. The summed E-state index contributed by atoms with van der Waals surface area (Å²) in [4.78, 5) is 9.96. The second-order valence-corrected chi connectivity index (χ2v) is 12.0. The predicted octanol–water partition coefficient (Wildman–Crippen LogP) is 4.62. The molecule has 0 radical (unpaired) electrons. The van der Waals surface area contributed by atoms with E-state index in [1.807, 2.05) is 26.0 Å². The molecule has 1 aromatic heterocycles. The molecule has 1 aliphatic heterocycles. The number of alkyl halides is 3. The minimum Gasteiger partial charge on any atom is -0.439 e. The van der Waals surface area contributed by atoms with Crippen LogP contribution in [0, 0.1) is 11.3 Å². The second kappa shape index (κ2) is 11.9. The number of benzene rings is 1. The molecular formula is C27H30F3N7O3S. The zero-order valence-corrected chi connectivity index (χ0v) is 23.8. The number of hydrogen-bond donors (Lipinski definition) is 1. The maximum atomic E-state index is 14.1. The zero-order valence-electron chi connectivity index (χ0n) is 23.0. The molecule has 0 atom stereocenters. The maximum absolute atomic E-state index is 14.1. The van der Waals surface area contributed by atoms with E-state index in [2.05, 4.69) is 15.3 Å². The maximum Gasteiger partial charge on any atom is 0.418 e. The number of hydrogen-bond acceptors (Lipinski definition) is 8. The van der Waals surface area contributed by atoms with Crippen molar-refractivity contribution in [3.8, 4) is 11.9 Å². The molecule has 41 heavy (non-hydrogen) atoms. The number of aromatic nitrogens is 2. The summed E-state index contributed by atoms with van der Waals surface area (Å²) in [5, 5.41) is 11.7. The van der Waals surface area contributed by atoms with Gasteiger partial charge in [0.1, 0.15) is 5.76 Å². The fourth-order valence-electron chi connectivity index (χ4n) is 4.66. The molecule has 14 heteroatoms. The molecule has 1 N–H and O–H groups in total. The van der Waals surface area contributed by atoms with Crippen molar-refractivity contribution < 1.29 is 26.3 Å². The van der Waals surface area contributed by atoms with Gasteiger partial charge in [-0.3, -0.25) is 0 Å². The molecule has 4 rings (SSSR count). The van der Waals surface area contributed by atoms with Crippen molar-refractivity contribution in [2.45, 2.75) is 26.4 Å². The van der Waals surface area contributed by atoms with Gasteiger partial charge in [0.15, 0.2) is 0 Å². The van der Waals surface area contributed by atoms with Gasteiger partial charge >= 0.3 is 6.18 Å². The van der Waals surface area contributed by atoms with E-state index in [1.54, 1.807) is 6.07 Å². The molecule has 10 nitrogen and oxygen atoms in total. The van der Waals surface area contributed by atoms with E-state index in [0.29, 0.717) is 12.2 Å². The van der Waals surface area contributed by atoms with Crippen molar-refractivity contribution in [3.05, 3.63) is 70.7 Å². The van der Waals surface area contributed by atoms with Crippen LogP contribution in [0.3, 0.4) is 0 Å². The third kappa shape index (κ3) is 6.87. The van der Waals surface area contributed by atoms with Crippen LogP contribution in [-0.2, 0) is 16.4 Å². The lowest BCUT2D eigenvalue weighted by molar-refractivity contribution is -0.137. The Labute approximate surface area is 237 Å². The minimum atomic E-state index is -4.65. The second-order valence-electron chi connectivity index (χ2n) is 9.81. The van der Waals surface area contributed by atoms with Gasteiger partial charge in [-0.1, -0.05) is 6.08 Å². The van der Waals surface area contributed by atoms with Crippen LogP contribution in [0.1, 0.15) is 25.8 Å². The third-order valence-corrected chi connectivity index (χ3v) is 8.57. The van der Waals surface area contributed by atoms with Crippen molar-refractivity contribution in [1.29, 1.82) is 5.26 Å². The van der Waals surface area contributed by atoms with Crippen LogP contribution in [0.5, 0.6) is 5.88 Å². The summed E-state index contributed by atoms with van der Waals surface area (Å²) in [6.07, 6.45) is 0.659. The lowest BCUT2D eigenvalue weighted by atomic mass is 9.95. The van der Waals surface area contributed by atoms with Gasteiger partial charge in [-0.05, 0) is 55.2 Å². The molecule has 2 aromatic rings. The number of halogens is 3. The monoisotopic (exact) mass is 589 g/mol. The first kappa shape index (κ1) is 30.0. The Balaban J connectivity index is 1.52. The lowest BCUT2D eigenvalue weighted by Gasteiger charge is -2.37. The third-order valence-electron chi connectivity index (χ3n) is 6.63. The molecule has 218 valence electrons. The highest BCUT2D eigenvalue weighted by atomic mass is 32.2. The number of ether oxygens (including phenoxy) is 1. The zero-order chi connectivity index (χ0) is 29.9. The van der Waals surface area contributed by atoms with Crippen molar-refractivity contribution in [2.75, 3.05) is 50.5 Å². The molecule has 0 amide bonds. The fraction of sp³-hybridized carbons (Fsp3) is 0.370. The highest BCUT2D eigenvalue weighted by Gasteiger charge is 2.37. The number of rotatable bonds is 7. The van der Waals surface area contributed by atoms with Gasteiger partial charge in [0.05, 0.1) is 11.6 Å². The van der Waals surface area contributed by atoms with E-state index in [4.69, 9.17) is 10.00 Å². The first-order valence-corrected chi connectivity index (χ1v) is 14.1. The van der Waals surface area contributed by atoms with Crippen LogP contribution in [0.15, 0.2) is 65.1 Å². The molecule has 1 saturated heterocycles. The Kier molecular flexibility index (Phi) is 8.71. The molecular weight excluding hydrogens is 559 g/mol. The summed E-state index contributed by atoms with van der Waals surface area (Å²) in [6.45, 7) is 4.10. The van der Waals surface area contributed by atoms with Crippen molar-refractivity contribution in [3.63, 3.8) is 0 Å². The first-order valence-electron chi connectivity index (χ1n) is 12.7. The average Bonchev–Trinajstić information content (AvgIpc) is 2.91. The number of nitrogens with one attached hydrogen (secondary N) is 1. The van der Waals surface area contributed by atoms with Crippen LogP contribution >= 0.6 is 0 Å². The Morgan fingerprint density at radius 2 is 1.85 bits per heavy atom. The van der Waals surface area contributed by atoms with E-state index < -0.39 is 21.9 Å². The van der Waals surface area contributed by atoms with Gasteiger partial charge < -0.3 is 15.0 Å². The van der Waals surface area contributed by atoms with Gasteiger partial charge in [0, 0.05) is 70.0 Å². The van der Waals surface area contributed by atoms with Crippen LogP contribution in [-0.4, -0.2) is 67.3 Å². The summed E-state index contributed by atoms with van der Waals surface area (Å²) in [6, 6.07) is 7.40. The van der Waals surface area contributed by atoms with Crippen LogP contribution in [0.4, 0.5) is 30.5 Å². The molecule has 1 fully saturated rings. The van der Waals surface area contributed by atoms with E-state index in [9.17, 15) is 21.6 Å². The first-order chi connectivity index (χ1) is 19.3. The smallest absolute Gasteiger partial charge is 0.418 e. The minimum absolute atomic E-state index is 0.0326. The summed E-state index contributed by atoms with van der Waals surface area (Å²) in [5.41, 5.74) is 1.82. The molecule has 0 unspecified atom stereocenters. The Morgan fingerprint density at radius 1 is 1.15 bits per heavy atom. The Morgan fingerprint density at radius 3 is 2.46 bits per heavy atom. The van der Waals surface area contributed by atoms with Gasteiger partial charge in [0.2, 0.25) is 11.8 Å². The highest BCUT2D eigenvalue weighted by Crippen LogP contribution is 2.39. The molecule has 0 bridgehead atoms. The van der Waals surface area contributed by atoms with Gasteiger partial charge in [0.25, 0.3) is 10.2 Å². The lowest BCUT2D eigenvalue weighted by Crippen LogP contribution is -2.52. The summed E-state index contributed by atoms with van der Waals surface area (Å²) < 4.78 is 75.4.